The van der Waals surface area contributed by atoms with Crippen LogP contribution in [0.1, 0.15) is 36.0 Å². The summed E-state index contributed by atoms with van der Waals surface area (Å²) in [5, 5.41) is 3.14. The number of methoxy groups -OCH3 is 1. The Morgan fingerprint density at radius 3 is 2.78 bits per heavy atom. The number of carbonyl (C=O) groups excluding carboxylic acids is 2. The molecule has 2 heterocycles. The van der Waals surface area contributed by atoms with Crippen LogP contribution in [0.3, 0.4) is 0 Å². The first kappa shape index (κ1) is 18.3. The molecule has 146 valence electrons. The van der Waals surface area contributed by atoms with Gasteiger partial charge in [0, 0.05) is 43.8 Å². The second-order valence-electron chi connectivity index (χ2n) is 8.13. The van der Waals surface area contributed by atoms with E-state index in [1.807, 2.05) is 23.1 Å². The quantitative estimate of drug-likeness (QED) is 0.859. The van der Waals surface area contributed by atoms with Crippen molar-refractivity contribution in [2.24, 2.45) is 17.3 Å². The molecule has 2 amide bonds. The van der Waals surface area contributed by atoms with Crippen LogP contribution in [-0.4, -0.2) is 56.7 Å². The molecule has 1 atom stereocenters. The molecule has 1 spiro atoms. The largest absolute Gasteiger partial charge is 0.497 e. The van der Waals surface area contributed by atoms with Crippen LogP contribution in [0.25, 0.3) is 0 Å². The van der Waals surface area contributed by atoms with Gasteiger partial charge in [-0.25, -0.2) is 0 Å². The highest BCUT2D eigenvalue weighted by Crippen LogP contribution is 2.45. The van der Waals surface area contributed by atoms with Gasteiger partial charge in [-0.1, -0.05) is 6.07 Å². The summed E-state index contributed by atoms with van der Waals surface area (Å²) in [6.07, 6.45) is 4.08. The standard InChI is InChI=1S/C21H28N2O4/c1-26-17-4-2-3-16(11-17)20(25)23-13-18(19(24)22-12-15-5-6-15)21(14-23)7-9-27-10-8-21/h2-4,11,15,18H,5-10,12-14H2,1H3,(H,22,24)/t18-/m1/s1. The molecule has 3 fully saturated rings. The highest BCUT2D eigenvalue weighted by atomic mass is 16.5. The third-order valence-corrected chi connectivity index (χ3v) is 6.32. The van der Waals surface area contributed by atoms with E-state index in [-0.39, 0.29) is 23.1 Å². The van der Waals surface area contributed by atoms with Gasteiger partial charge in [0.1, 0.15) is 5.75 Å². The van der Waals surface area contributed by atoms with E-state index in [0.717, 1.165) is 19.4 Å². The lowest BCUT2D eigenvalue weighted by molar-refractivity contribution is -0.129. The fourth-order valence-electron chi connectivity index (χ4n) is 4.40. The van der Waals surface area contributed by atoms with E-state index in [4.69, 9.17) is 9.47 Å². The molecule has 1 aromatic carbocycles. The molecule has 0 radical (unpaired) electrons. The van der Waals surface area contributed by atoms with Crippen molar-refractivity contribution in [3.05, 3.63) is 29.8 Å². The molecule has 1 N–H and O–H groups in total. The second kappa shape index (κ2) is 7.50. The molecule has 2 aliphatic heterocycles. The van der Waals surface area contributed by atoms with Gasteiger partial charge >= 0.3 is 0 Å². The summed E-state index contributed by atoms with van der Waals surface area (Å²) in [6.45, 7) is 3.19. The van der Waals surface area contributed by atoms with Gasteiger partial charge in [0.2, 0.25) is 5.91 Å². The minimum atomic E-state index is -0.166. The van der Waals surface area contributed by atoms with Gasteiger partial charge in [0.15, 0.2) is 0 Å². The van der Waals surface area contributed by atoms with E-state index in [0.29, 0.717) is 43.5 Å². The molecule has 0 unspecified atom stereocenters. The van der Waals surface area contributed by atoms with Crippen LogP contribution in [0, 0.1) is 17.3 Å². The molecule has 0 aromatic heterocycles. The van der Waals surface area contributed by atoms with Crippen molar-refractivity contribution in [3.63, 3.8) is 0 Å². The van der Waals surface area contributed by atoms with E-state index in [1.165, 1.54) is 12.8 Å². The number of hydrogen-bond donors (Lipinski definition) is 1. The van der Waals surface area contributed by atoms with Crippen molar-refractivity contribution in [3.8, 4) is 5.75 Å². The van der Waals surface area contributed by atoms with Gasteiger partial charge in [-0.15, -0.1) is 0 Å². The predicted octanol–water partition coefficient (Wildman–Crippen LogP) is 2.09. The van der Waals surface area contributed by atoms with Crippen LogP contribution in [0.5, 0.6) is 5.75 Å². The smallest absolute Gasteiger partial charge is 0.254 e. The summed E-state index contributed by atoms with van der Waals surface area (Å²) in [5.41, 5.74) is 0.441. The summed E-state index contributed by atoms with van der Waals surface area (Å²) in [5.74, 6) is 1.23. The lowest BCUT2D eigenvalue weighted by atomic mass is 9.71. The fourth-order valence-corrected chi connectivity index (χ4v) is 4.40. The fraction of sp³-hybridized carbons (Fsp3) is 0.619. The number of carbonyl (C=O) groups is 2. The topological polar surface area (TPSA) is 67.9 Å². The first-order valence-corrected chi connectivity index (χ1v) is 9.90. The zero-order valence-corrected chi connectivity index (χ0v) is 15.9. The molecule has 0 bridgehead atoms. The molecule has 2 saturated heterocycles. The summed E-state index contributed by atoms with van der Waals surface area (Å²) >= 11 is 0. The molecule has 27 heavy (non-hydrogen) atoms. The summed E-state index contributed by atoms with van der Waals surface area (Å²) in [6, 6.07) is 7.22. The minimum Gasteiger partial charge on any atom is -0.497 e. The van der Waals surface area contributed by atoms with Crippen LogP contribution >= 0.6 is 0 Å². The van der Waals surface area contributed by atoms with Gasteiger partial charge < -0.3 is 19.7 Å². The minimum absolute atomic E-state index is 0.0303. The molecule has 3 aliphatic rings. The number of hydrogen-bond acceptors (Lipinski definition) is 4. The molecule has 4 rings (SSSR count). The van der Waals surface area contributed by atoms with Crippen molar-refractivity contribution >= 4 is 11.8 Å². The molecule has 1 aliphatic carbocycles. The van der Waals surface area contributed by atoms with Crippen molar-refractivity contribution in [1.82, 2.24) is 10.2 Å². The van der Waals surface area contributed by atoms with Crippen molar-refractivity contribution in [2.75, 3.05) is 40.0 Å². The number of amides is 2. The average molecular weight is 372 g/mol. The van der Waals surface area contributed by atoms with Crippen molar-refractivity contribution in [2.45, 2.75) is 25.7 Å². The van der Waals surface area contributed by atoms with Gasteiger partial charge in [0.05, 0.1) is 13.0 Å². The summed E-state index contributed by atoms with van der Waals surface area (Å²) in [4.78, 5) is 27.9. The Kier molecular flexibility index (Phi) is 5.08. The number of ether oxygens (including phenoxy) is 2. The van der Waals surface area contributed by atoms with E-state index in [2.05, 4.69) is 5.32 Å². The maximum atomic E-state index is 13.1. The maximum Gasteiger partial charge on any atom is 0.254 e. The Morgan fingerprint density at radius 2 is 2.07 bits per heavy atom. The zero-order valence-electron chi connectivity index (χ0n) is 15.9. The first-order chi connectivity index (χ1) is 13.1. The molecule has 1 aromatic rings. The zero-order chi connectivity index (χ0) is 18.9. The summed E-state index contributed by atoms with van der Waals surface area (Å²) in [7, 11) is 1.59. The monoisotopic (exact) mass is 372 g/mol. The first-order valence-electron chi connectivity index (χ1n) is 9.90. The van der Waals surface area contributed by atoms with Crippen LogP contribution in [-0.2, 0) is 9.53 Å². The number of likely N-dealkylation sites (tertiary alicyclic amines) is 1. The van der Waals surface area contributed by atoms with Gasteiger partial charge in [-0.2, -0.15) is 0 Å². The number of nitrogens with one attached hydrogen (secondary N) is 1. The predicted molar refractivity (Wildman–Crippen MR) is 101 cm³/mol. The van der Waals surface area contributed by atoms with E-state index < -0.39 is 0 Å². The lowest BCUT2D eigenvalue weighted by Crippen LogP contribution is -2.44. The van der Waals surface area contributed by atoms with Crippen LogP contribution in [0.15, 0.2) is 24.3 Å². The SMILES string of the molecule is COc1cccc(C(=O)N2C[C@H](C(=O)NCC3CC3)C3(CCOCC3)C2)c1. The van der Waals surface area contributed by atoms with Crippen LogP contribution in [0.4, 0.5) is 0 Å². The third kappa shape index (κ3) is 3.81. The Hall–Kier alpha value is -2.08. The number of benzene rings is 1. The molecule has 6 nitrogen and oxygen atoms in total. The van der Waals surface area contributed by atoms with Gasteiger partial charge in [0.25, 0.3) is 5.91 Å². The molecular weight excluding hydrogens is 344 g/mol. The van der Waals surface area contributed by atoms with Gasteiger partial charge in [-0.3, -0.25) is 9.59 Å². The molecular formula is C21H28N2O4. The van der Waals surface area contributed by atoms with Crippen molar-refractivity contribution in [1.29, 1.82) is 0 Å². The molecule has 1 saturated carbocycles. The van der Waals surface area contributed by atoms with E-state index in [1.54, 1.807) is 13.2 Å². The highest BCUT2D eigenvalue weighted by Gasteiger charge is 2.51. The van der Waals surface area contributed by atoms with Crippen molar-refractivity contribution < 1.29 is 19.1 Å². The Morgan fingerprint density at radius 1 is 1.30 bits per heavy atom. The van der Waals surface area contributed by atoms with E-state index in [9.17, 15) is 9.59 Å². The normalized spacial score (nSPS) is 24.0. The van der Waals surface area contributed by atoms with Crippen LogP contribution < -0.4 is 10.1 Å². The summed E-state index contributed by atoms with van der Waals surface area (Å²) < 4.78 is 10.8. The molecule has 6 heteroatoms. The Bertz CT molecular complexity index is 710. The number of nitrogens with zero attached hydrogens (tertiary/aromatic N) is 1. The maximum absolute atomic E-state index is 13.1. The average Bonchev–Trinajstić information content (AvgIpc) is 3.47. The lowest BCUT2D eigenvalue weighted by Gasteiger charge is -2.37. The van der Waals surface area contributed by atoms with E-state index >= 15 is 0 Å². The third-order valence-electron chi connectivity index (χ3n) is 6.32. The highest BCUT2D eigenvalue weighted by molar-refractivity contribution is 5.95. The second-order valence-corrected chi connectivity index (χ2v) is 8.13. The Balaban J connectivity index is 1.52. The van der Waals surface area contributed by atoms with Crippen LogP contribution in [0.2, 0.25) is 0 Å². The van der Waals surface area contributed by atoms with Gasteiger partial charge in [-0.05, 0) is 49.8 Å². The number of rotatable bonds is 5. The Labute approximate surface area is 160 Å².